The van der Waals surface area contributed by atoms with E-state index in [9.17, 15) is 0 Å². The van der Waals surface area contributed by atoms with Crippen LogP contribution in [0.1, 0.15) is 44.9 Å². The monoisotopic (exact) mass is 347 g/mol. The zero-order valence-electron chi connectivity index (χ0n) is 15.5. The molecule has 136 valence electrons. The van der Waals surface area contributed by atoms with Crippen LogP contribution in [-0.2, 0) is 4.84 Å². The standard InChI is InChI=1S/C24H29NO/c1-3-7-22(8-4-1)25(23-9-5-2-6-10-23)26-12-11-24-16-19-13-20(17-24)15-21(14-19)18-24/h1-10,19-21H,11-18H2. The molecule has 2 aromatic carbocycles. The Morgan fingerprint density at radius 3 is 1.65 bits per heavy atom. The molecule has 4 aliphatic rings. The van der Waals surface area contributed by atoms with Gasteiger partial charge in [-0.1, -0.05) is 36.4 Å². The smallest absolute Gasteiger partial charge is 0.0758 e. The second kappa shape index (κ2) is 6.74. The topological polar surface area (TPSA) is 12.5 Å². The predicted molar refractivity (Wildman–Crippen MR) is 106 cm³/mol. The van der Waals surface area contributed by atoms with E-state index in [0.717, 1.165) is 35.7 Å². The first-order chi connectivity index (χ1) is 12.8. The lowest BCUT2D eigenvalue weighted by atomic mass is 9.49. The Labute approximate surface area is 157 Å². The third-order valence-electron chi connectivity index (χ3n) is 7.00. The van der Waals surface area contributed by atoms with Crippen LogP contribution in [0.5, 0.6) is 0 Å². The number of anilines is 2. The van der Waals surface area contributed by atoms with E-state index in [1.54, 1.807) is 0 Å². The van der Waals surface area contributed by atoms with E-state index < -0.39 is 0 Å². The van der Waals surface area contributed by atoms with Crippen LogP contribution < -0.4 is 5.06 Å². The molecule has 6 rings (SSSR count). The van der Waals surface area contributed by atoms with Gasteiger partial charge in [-0.05, 0) is 92.4 Å². The Kier molecular flexibility index (Phi) is 4.24. The molecule has 2 heteroatoms. The molecule has 2 aromatic rings. The minimum Gasteiger partial charge on any atom is -0.269 e. The fourth-order valence-corrected chi connectivity index (χ4v) is 6.37. The molecule has 0 aromatic heterocycles. The third-order valence-corrected chi connectivity index (χ3v) is 7.00. The Balaban J connectivity index is 1.29. The molecular weight excluding hydrogens is 318 g/mol. The molecule has 0 heterocycles. The van der Waals surface area contributed by atoms with Gasteiger partial charge in [-0.2, -0.15) is 0 Å². The van der Waals surface area contributed by atoms with E-state index in [1.807, 2.05) is 5.06 Å². The lowest BCUT2D eigenvalue weighted by molar-refractivity contribution is -0.0689. The van der Waals surface area contributed by atoms with Crippen LogP contribution in [-0.4, -0.2) is 6.61 Å². The second-order valence-electron chi connectivity index (χ2n) is 8.97. The van der Waals surface area contributed by atoms with Gasteiger partial charge in [0.15, 0.2) is 0 Å². The molecule has 0 saturated heterocycles. The molecular formula is C24H29NO. The molecule has 4 saturated carbocycles. The van der Waals surface area contributed by atoms with Crippen molar-refractivity contribution in [1.29, 1.82) is 0 Å². The molecule has 2 nitrogen and oxygen atoms in total. The van der Waals surface area contributed by atoms with Crippen molar-refractivity contribution in [1.82, 2.24) is 0 Å². The van der Waals surface area contributed by atoms with Gasteiger partial charge in [-0.15, -0.1) is 0 Å². The first-order valence-corrected chi connectivity index (χ1v) is 10.3. The fraction of sp³-hybridized carbons (Fsp3) is 0.500. The number of hydrogen-bond donors (Lipinski definition) is 0. The van der Waals surface area contributed by atoms with E-state index in [2.05, 4.69) is 60.7 Å². The van der Waals surface area contributed by atoms with Crippen molar-refractivity contribution in [3.63, 3.8) is 0 Å². The van der Waals surface area contributed by atoms with Gasteiger partial charge in [0.2, 0.25) is 0 Å². The van der Waals surface area contributed by atoms with Crippen molar-refractivity contribution in [3.8, 4) is 0 Å². The van der Waals surface area contributed by atoms with E-state index in [-0.39, 0.29) is 0 Å². The van der Waals surface area contributed by atoms with Gasteiger partial charge < -0.3 is 0 Å². The molecule has 4 aliphatic carbocycles. The Bertz CT molecular complexity index is 652. The first-order valence-electron chi connectivity index (χ1n) is 10.3. The summed E-state index contributed by atoms with van der Waals surface area (Å²) in [5, 5.41) is 2.01. The largest absolute Gasteiger partial charge is 0.269 e. The van der Waals surface area contributed by atoms with Gasteiger partial charge in [-0.3, -0.25) is 4.84 Å². The van der Waals surface area contributed by atoms with Crippen LogP contribution in [0.3, 0.4) is 0 Å². The maximum Gasteiger partial charge on any atom is 0.0758 e. The fourth-order valence-electron chi connectivity index (χ4n) is 6.37. The van der Waals surface area contributed by atoms with Crippen molar-refractivity contribution < 1.29 is 4.84 Å². The maximum atomic E-state index is 6.39. The van der Waals surface area contributed by atoms with Crippen molar-refractivity contribution in [2.24, 2.45) is 23.2 Å². The highest BCUT2D eigenvalue weighted by Gasteiger charge is 2.50. The summed E-state index contributed by atoms with van der Waals surface area (Å²) in [5.41, 5.74) is 2.78. The molecule has 0 spiro atoms. The number of para-hydroxylation sites is 2. The van der Waals surface area contributed by atoms with Gasteiger partial charge in [0, 0.05) is 0 Å². The third kappa shape index (κ3) is 3.16. The molecule has 0 atom stereocenters. The average molecular weight is 348 g/mol. The lowest BCUT2D eigenvalue weighted by Crippen LogP contribution is -2.46. The van der Waals surface area contributed by atoms with Gasteiger partial charge >= 0.3 is 0 Å². The summed E-state index contributed by atoms with van der Waals surface area (Å²) in [7, 11) is 0. The molecule has 0 amide bonds. The molecule has 0 radical (unpaired) electrons. The summed E-state index contributed by atoms with van der Waals surface area (Å²) in [6.07, 6.45) is 10.1. The van der Waals surface area contributed by atoms with E-state index >= 15 is 0 Å². The van der Waals surface area contributed by atoms with Crippen LogP contribution in [0.15, 0.2) is 60.7 Å². The van der Waals surface area contributed by atoms with Gasteiger partial charge in [0.05, 0.1) is 18.0 Å². The Morgan fingerprint density at radius 1 is 0.731 bits per heavy atom. The van der Waals surface area contributed by atoms with Crippen LogP contribution in [0.25, 0.3) is 0 Å². The summed E-state index contributed by atoms with van der Waals surface area (Å²) in [5.74, 6) is 3.04. The van der Waals surface area contributed by atoms with E-state index in [4.69, 9.17) is 4.84 Å². The average Bonchev–Trinajstić information content (AvgIpc) is 2.66. The molecule has 4 bridgehead atoms. The van der Waals surface area contributed by atoms with E-state index in [0.29, 0.717) is 5.41 Å². The maximum absolute atomic E-state index is 6.39. The van der Waals surface area contributed by atoms with Crippen molar-refractivity contribution in [3.05, 3.63) is 60.7 Å². The van der Waals surface area contributed by atoms with Crippen molar-refractivity contribution in [2.75, 3.05) is 11.7 Å². The summed E-state index contributed by atoms with van der Waals surface area (Å²) in [4.78, 5) is 6.39. The summed E-state index contributed by atoms with van der Waals surface area (Å²) < 4.78 is 0. The number of nitrogens with zero attached hydrogens (tertiary/aromatic N) is 1. The van der Waals surface area contributed by atoms with Crippen LogP contribution in [0, 0.1) is 23.2 Å². The molecule has 0 N–H and O–H groups in total. The number of rotatable bonds is 6. The second-order valence-corrected chi connectivity index (χ2v) is 8.97. The van der Waals surface area contributed by atoms with Crippen LogP contribution in [0.2, 0.25) is 0 Å². The molecule has 0 aliphatic heterocycles. The minimum atomic E-state index is 0.577. The van der Waals surface area contributed by atoms with Gasteiger partial charge in [-0.25, -0.2) is 5.06 Å². The van der Waals surface area contributed by atoms with E-state index in [1.165, 1.54) is 44.9 Å². The zero-order valence-corrected chi connectivity index (χ0v) is 15.5. The highest BCUT2D eigenvalue weighted by molar-refractivity contribution is 5.59. The predicted octanol–water partition coefficient (Wildman–Crippen LogP) is 6.36. The van der Waals surface area contributed by atoms with Gasteiger partial charge in [0.1, 0.15) is 0 Å². The normalized spacial score (nSPS) is 31.9. The van der Waals surface area contributed by atoms with Crippen LogP contribution >= 0.6 is 0 Å². The summed E-state index contributed by atoms with van der Waals surface area (Å²) in [6, 6.07) is 20.9. The van der Waals surface area contributed by atoms with Gasteiger partial charge in [0.25, 0.3) is 0 Å². The van der Waals surface area contributed by atoms with Crippen molar-refractivity contribution >= 4 is 11.4 Å². The first kappa shape index (κ1) is 16.4. The summed E-state index contributed by atoms with van der Waals surface area (Å²) >= 11 is 0. The van der Waals surface area contributed by atoms with Crippen LogP contribution in [0.4, 0.5) is 11.4 Å². The quantitative estimate of drug-likeness (QED) is 0.563. The number of hydrogen-bond acceptors (Lipinski definition) is 2. The Hall–Kier alpha value is -1.80. The van der Waals surface area contributed by atoms with Crippen molar-refractivity contribution in [2.45, 2.75) is 44.9 Å². The highest BCUT2D eigenvalue weighted by atomic mass is 16.7. The molecule has 0 unspecified atom stereocenters. The lowest BCUT2D eigenvalue weighted by Gasteiger charge is -2.57. The zero-order chi connectivity index (χ0) is 17.4. The minimum absolute atomic E-state index is 0.577. The molecule has 26 heavy (non-hydrogen) atoms. The summed E-state index contributed by atoms with van der Waals surface area (Å²) in [6.45, 7) is 0.815. The SMILES string of the molecule is c1ccc(N(OCCC23CC4CC(CC(C4)C2)C3)c2ccccc2)cc1. The highest BCUT2D eigenvalue weighted by Crippen LogP contribution is 2.61. The molecule has 4 fully saturated rings. The Morgan fingerprint density at radius 2 is 1.19 bits per heavy atom. The number of benzene rings is 2.